The predicted octanol–water partition coefficient (Wildman–Crippen LogP) is 3.46. The van der Waals surface area contributed by atoms with Crippen molar-refractivity contribution in [1.29, 1.82) is 0 Å². The third-order valence-electron chi connectivity index (χ3n) is 4.46. The van der Waals surface area contributed by atoms with E-state index in [0.29, 0.717) is 28.4 Å². The van der Waals surface area contributed by atoms with Crippen molar-refractivity contribution in [1.82, 2.24) is 4.90 Å². The molecule has 0 heterocycles. The number of methoxy groups -OCH3 is 3. The quantitative estimate of drug-likeness (QED) is 0.447. The second kappa shape index (κ2) is 11.0. The van der Waals surface area contributed by atoms with Crippen molar-refractivity contribution in [3.05, 3.63) is 59.4 Å². The normalized spacial score (nSPS) is 11.7. The van der Waals surface area contributed by atoms with Crippen molar-refractivity contribution in [2.75, 3.05) is 28.4 Å². The molecule has 1 amide bonds. The fourth-order valence-corrected chi connectivity index (χ4v) is 2.90. The van der Waals surface area contributed by atoms with Crippen LogP contribution in [0.2, 0.25) is 0 Å². The number of carbonyl (C=O) groups is 2. The predicted molar refractivity (Wildman–Crippen MR) is 114 cm³/mol. The maximum Gasteiger partial charge on any atom is 0.331 e. The van der Waals surface area contributed by atoms with Crippen LogP contribution in [0.1, 0.15) is 18.1 Å². The number of nitrogens with zero attached hydrogens (tertiary/aromatic N) is 1. The van der Waals surface area contributed by atoms with Crippen LogP contribution in [-0.4, -0.2) is 51.3 Å². The largest absolute Gasteiger partial charge is 0.496 e. The summed E-state index contributed by atoms with van der Waals surface area (Å²) in [6, 6.07) is 9.25. The van der Waals surface area contributed by atoms with Crippen molar-refractivity contribution in [3.63, 3.8) is 0 Å². The summed E-state index contributed by atoms with van der Waals surface area (Å²) in [6.07, 6.45) is 1.68. The third kappa shape index (κ3) is 6.47. The van der Waals surface area contributed by atoms with E-state index in [0.717, 1.165) is 0 Å². The number of hydrogen-bond donors (Lipinski definition) is 0. The first-order chi connectivity index (χ1) is 14.8. The minimum Gasteiger partial charge on any atom is -0.496 e. The Morgan fingerprint density at radius 2 is 1.68 bits per heavy atom. The van der Waals surface area contributed by atoms with Gasteiger partial charge in [0.25, 0.3) is 5.91 Å². The molecule has 2 rings (SSSR count). The molecule has 7 nitrogen and oxygen atoms in total. The minimum absolute atomic E-state index is 0.192. The Morgan fingerprint density at radius 1 is 1.03 bits per heavy atom. The van der Waals surface area contributed by atoms with Crippen LogP contribution in [0, 0.1) is 5.82 Å². The lowest BCUT2D eigenvalue weighted by Gasteiger charge is -2.21. The zero-order valence-corrected chi connectivity index (χ0v) is 18.2. The van der Waals surface area contributed by atoms with E-state index in [1.165, 1.54) is 57.4 Å². The number of amides is 1. The fraction of sp³-hybridized carbons (Fsp3) is 0.304. The van der Waals surface area contributed by atoms with Crippen LogP contribution in [0.25, 0.3) is 6.08 Å². The summed E-state index contributed by atoms with van der Waals surface area (Å²) >= 11 is 0. The Labute approximate surface area is 181 Å². The Kier molecular flexibility index (Phi) is 8.43. The lowest BCUT2D eigenvalue weighted by atomic mass is 10.1. The molecular formula is C23H26FNO6. The number of ether oxygens (including phenoxy) is 4. The topological polar surface area (TPSA) is 74.3 Å². The van der Waals surface area contributed by atoms with Gasteiger partial charge in [-0.1, -0.05) is 12.1 Å². The molecule has 0 aliphatic carbocycles. The molecule has 0 aliphatic rings. The number of likely N-dealkylation sites (N-methyl/N-ethyl adjacent to an activating group) is 1. The molecule has 0 N–H and O–H groups in total. The molecule has 0 fully saturated rings. The van der Waals surface area contributed by atoms with Crippen LogP contribution in [0.4, 0.5) is 4.39 Å². The lowest BCUT2D eigenvalue weighted by Crippen LogP contribution is -2.36. The van der Waals surface area contributed by atoms with Crippen molar-refractivity contribution in [3.8, 4) is 17.2 Å². The molecular weight excluding hydrogens is 405 g/mol. The third-order valence-corrected chi connectivity index (χ3v) is 4.46. The average molecular weight is 431 g/mol. The number of rotatable bonds is 9. The van der Waals surface area contributed by atoms with Gasteiger partial charge in [-0.2, -0.15) is 0 Å². The average Bonchev–Trinajstić information content (AvgIpc) is 2.76. The maximum atomic E-state index is 13.3. The monoisotopic (exact) mass is 431 g/mol. The number of hydrogen-bond acceptors (Lipinski definition) is 6. The summed E-state index contributed by atoms with van der Waals surface area (Å²) in [5, 5.41) is 0. The smallest absolute Gasteiger partial charge is 0.331 e. The molecule has 2 aromatic carbocycles. The summed E-state index contributed by atoms with van der Waals surface area (Å²) in [5.74, 6) is -0.0563. The zero-order chi connectivity index (χ0) is 23.0. The molecule has 1 unspecified atom stereocenters. The lowest BCUT2D eigenvalue weighted by molar-refractivity contribution is -0.154. The number of halogens is 1. The standard InChI is InChI=1S/C23H26FNO6/c1-15(23(27)25(2)14-16-7-6-8-18(24)11-16)31-22(26)10-9-17-12-20(29-4)21(30-5)13-19(17)28-3/h6-13,15H,14H2,1-5H3/b10-9+. The van der Waals surface area contributed by atoms with Gasteiger partial charge in [-0.05, 0) is 36.8 Å². The first-order valence-electron chi connectivity index (χ1n) is 9.47. The van der Waals surface area contributed by atoms with E-state index in [1.54, 1.807) is 31.3 Å². The van der Waals surface area contributed by atoms with Crippen LogP contribution < -0.4 is 14.2 Å². The Morgan fingerprint density at radius 3 is 2.29 bits per heavy atom. The van der Waals surface area contributed by atoms with Gasteiger partial charge in [-0.25, -0.2) is 9.18 Å². The van der Waals surface area contributed by atoms with Crippen molar-refractivity contribution in [2.45, 2.75) is 19.6 Å². The molecule has 31 heavy (non-hydrogen) atoms. The van der Waals surface area contributed by atoms with Crippen molar-refractivity contribution < 1.29 is 32.9 Å². The van der Waals surface area contributed by atoms with E-state index >= 15 is 0 Å². The fourth-order valence-electron chi connectivity index (χ4n) is 2.90. The minimum atomic E-state index is -1.01. The summed E-state index contributed by atoms with van der Waals surface area (Å²) in [5.41, 5.74) is 1.20. The van der Waals surface area contributed by atoms with Gasteiger partial charge in [0.1, 0.15) is 11.6 Å². The summed E-state index contributed by atoms with van der Waals surface area (Å²) in [6.45, 7) is 1.67. The van der Waals surface area contributed by atoms with Crippen LogP contribution in [0.5, 0.6) is 17.2 Å². The van der Waals surface area contributed by atoms with Gasteiger partial charge >= 0.3 is 5.97 Å². The van der Waals surface area contributed by atoms with Crippen molar-refractivity contribution in [2.24, 2.45) is 0 Å². The van der Waals surface area contributed by atoms with E-state index in [4.69, 9.17) is 18.9 Å². The number of carbonyl (C=O) groups excluding carboxylic acids is 2. The molecule has 0 aliphatic heterocycles. The highest BCUT2D eigenvalue weighted by Crippen LogP contribution is 2.35. The molecule has 166 valence electrons. The Hall–Kier alpha value is -3.55. The summed E-state index contributed by atoms with van der Waals surface area (Å²) < 4.78 is 34.3. The molecule has 0 bridgehead atoms. The van der Waals surface area contributed by atoms with E-state index in [2.05, 4.69) is 0 Å². The number of esters is 1. The maximum absolute atomic E-state index is 13.3. The highest BCUT2D eigenvalue weighted by Gasteiger charge is 2.21. The second-order valence-electron chi connectivity index (χ2n) is 6.69. The highest BCUT2D eigenvalue weighted by molar-refractivity contribution is 5.90. The van der Waals surface area contributed by atoms with Crippen LogP contribution in [-0.2, 0) is 20.9 Å². The molecule has 8 heteroatoms. The zero-order valence-electron chi connectivity index (χ0n) is 18.2. The molecule has 0 aromatic heterocycles. The highest BCUT2D eigenvalue weighted by atomic mass is 19.1. The molecule has 2 aromatic rings. The van der Waals surface area contributed by atoms with Gasteiger partial charge in [-0.3, -0.25) is 4.79 Å². The molecule has 0 spiro atoms. The van der Waals surface area contributed by atoms with E-state index in [1.807, 2.05) is 0 Å². The SMILES string of the molecule is COc1cc(OC)c(OC)cc1/C=C/C(=O)OC(C)C(=O)N(C)Cc1cccc(F)c1. The first-order valence-corrected chi connectivity index (χ1v) is 9.47. The Bertz CT molecular complexity index is 959. The Balaban J connectivity index is 2.02. The first kappa shape index (κ1) is 23.7. The van der Waals surface area contributed by atoms with Crippen molar-refractivity contribution >= 4 is 18.0 Å². The number of benzene rings is 2. The summed E-state index contributed by atoms with van der Waals surface area (Å²) in [4.78, 5) is 26.1. The van der Waals surface area contributed by atoms with Gasteiger partial charge in [0.15, 0.2) is 17.6 Å². The van der Waals surface area contributed by atoms with Gasteiger partial charge < -0.3 is 23.8 Å². The van der Waals surface area contributed by atoms with Crippen LogP contribution in [0.3, 0.4) is 0 Å². The van der Waals surface area contributed by atoms with Crippen LogP contribution in [0.15, 0.2) is 42.5 Å². The molecule has 1 atom stereocenters. The summed E-state index contributed by atoms with van der Waals surface area (Å²) in [7, 11) is 6.06. The van der Waals surface area contributed by atoms with Gasteiger partial charge in [0, 0.05) is 31.3 Å². The molecule has 0 saturated heterocycles. The van der Waals surface area contributed by atoms with E-state index < -0.39 is 18.0 Å². The molecule has 0 saturated carbocycles. The van der Waals surface area contributed by atoms with Gasteiger partial charge in [0.05, 0.1) is 21.3 Å². The van der Waals surface area contributed by atoms with Gasteiger partial charge in [0.2, 0.25) is 0 Å². The molecule has 0 radical (unpaired) electrons. The second-order valence-corrected chi connectivity index (χ2v) is 6.69. The van der Waals surface area contributed by atoms with E-state index in [-0.39, 0.29) is 12.4 Å². The van der Waals surface area contributed by atoms with Gasteiger partial charge in [-0.15, -0.1) is 0 Å². The van der Waals surface area contributed by atoms with E-state index in [9.17, 15) is 14.0 Å². The van der Waals surface area contributed by atoms with Crippen LogP contribution >= 0.6 is 0 Å².